The van der Waals surface area contributed by atoms with Crippen molar-refractivity contribution < 1.29 is 9.18 Å². The van der Waals surface area contributed by atoms with Gasteiger partial charge in [-0.2, -0.15) is 5.26 Å². The summed E-state index contributed by atoms with van der Waals surface area (Å²) in [6.45, 7) is 0. The van der Waals surface area contributed by atoms with Crippen LogP contribution in [0, 0.1) is 17.1 Å². The smallest absolute Gasteiger partial charge is 0.252 e. The molecule has 8 heteroatoms. The van der Waals surface area contributed by atoms with Gasteiger partial charge in [-0.15, -0.1) is 0 Å². The van der Waals surface area contributed by atoms with Gasteiger partial charge in [-0.05, 0) is 47.5 Å². The van der Waals surface area contributed by atoms with Gasteiger partial charge in [-0.1, -0.05) is 23.7 Å². The summed E-state index contributed by atoms with van der Waals surface area (Å²) in [6, 6.07) is 11.6. The van der Waals surface area contributed by atoms with Gasteiger partial charge in [0.1, 0.15) is 11.9 Å². The lowest BCUT2D eigenvalue weighted by Crippen LogP contribution is -2.29. The van der Waals surface area contributed by atoms with Crippen molar-refractivity contribution >= 4 is 29.1 Å². The maximum absolute atomic E-state index is 13.8. The van der Waals surface area contributed by atoms with Crippen LogP contribution in [0.1, 0.15) is 33.1 Å². The lowest BCUT2D eigenvalue weighted by Gasteiger charge is -2.19. The van der Waals surface area contributed by atoms with Crippen molar-refractivity contribution in [1.29, 1.82) is 5.26 Å². The molecule has 27 heavy (non-hydrogen) atoms. The molecule has 0 fully saturated rings. The van der Waals surface area contributed by atoms with E-state index in [4.69, 9.17) is 28.5 Å². The minimum absolute atomic E-state index is 0.0779. The monoisotopic (exact) mass is 400 g/mol. The topological polar surface area (TPSA) is 78.7 Å². The third-order valence-electron chi connectivity index (χ3n) is 3.80. The molecular weight excluding hydrogens is 390 g/mol. The molecule has 0 bridgehead atoms. The van der Waals surface area contributed by atoms with Crippen LogP contribution < -0.4 is 5.32 Å². The Morgan fingerprint density at radius 3 is 2.33 bits per heavy atom. The predicted molar refractivity (Wildman–Crippen MR) is 98.9 cm³/mol. The van der Waals surface area contributed by atoms with Crippen LogP contribution in [-0.2, 0) is 0 Å². The van der Waals surface area contributed by atoms with Crippen LogP contribution in [0.3, 0.4) is 0 Å². The maximum Gasteiger partial charge on any atom is 0.252 e. The number of amides is 1. The molecular formula is C19H11Cl2FN4O. The number of hydrogen-bond donors (Lipinski definition) is 1. The molecule has 0 saturated heterocycles. The van der Waals surface area contributed by atoms with Crippen molar-refractivity contribution in [3.05, 3.63) is 93.2 Å². The van der Waals surface area contributed by atoms with Gasteiger partial charge in [0, 0.05) is 28.5 Å². The van der Waals surface area contributed by atoms with Crippen molar-refractivity contribution in [3.8, 4) is 6.07 Å². The molecule has 0 unspecified atom stereocenters. The summed E-state index contributed by atoms with van der Waals surface area (Å²) in [4.78, 5) is 20.5. The Labute approximate surface area is 164 Å². The molecule has 3 rings (SSSR count). The molecule has 0 saturated carbocycles. The Hall–Kier alpha value is -3.01. The summed E-state index contributed by atoms with van der Waals surface area (Å²) < 4.78 is 13.8. The lowest BCUT2D eigenvalue weighted by atomic mass is 10.0. The Bertz CT molecular complexity index is 972. The van der Waals surface area contributed by atoms with Crippen LogP contribution in [0.2, 0.25) is 10.3 Å². The molecule has 134 valence electrons. The highest BCUT2D eigenvalue weighted by Gasteiger charge is 2.19. The fourth-order valence-corrected chi connectivity index (χ4v) is 2.67. The molecule has 1 amide bonds. The van der Waals surface area contributed by atoms with E-state index in [-0.39, 0.29) is 16.4 Å². The first-order chi connectivity index (χ1) is 13.0. The number of halogens is 3. The Morgan fingerprint density at radius 1 is 1.07 bits per heavy atom. The number of nitrogens with zero attached hydrogens (tertiary/aromatic N) is 3. The second-order valence-corrected chi connectivity index (χ2v) is 6.32. The Kier molecular flexibility index (Phi) is 5.65. The molecule has 3 aromatic rings. The van der Waals surface area contributed by atoms with Gasteiger partial charge in [0.15, 0.2) is 0 Å². The van der Waals surface area contributed by atoms with Crippen LogP contribution in [0.4, 0.5) is 4.39 Å². The highest BCUT2D eigenvalue weighted by molar-refractivity contribution is 6.30. The Balaban J connectivity index is 1.94. The second kappa shape index (κ2) is 8.12. The standard InChI is InChI=1S/C19H11Cl2FN4O/c20-15-5-3-11(4-6-15)17(14-9-24-19(21)25-10-14)26-18(27)12-1-2-13(8-23)16(22)7-12/h1-7,9-10,17H,(H,26,27)/t17-/m0/s1. The summed E-state index contributed by atoms with van der Waals surface area (Å²) in [5.41, 5.74) is 1.27. The van der Waals surface area contributed by atoms with Crippen molar-refractivity contribution in [3.63, 3.8) is 0 Å². The maximum atomic E-state index is 13.8. The minimum Gasteiger partial charge on any atom is -0.341 e. The fraction of sp³-hybridized carbons (Fsp3) is 0.0526. The number of carbonyl (C=O) groups is 1. The average Bonchev–Trinajstić information content (AvgIpc) is 2.67. The van der Waals surface area contributed by atoms with E-state index in [1.165, 1.54) is 24.5 Å². The van der Waals surface area contributed by atoms with E-state index >= 15 is 0 Å². The van der Waals surface area contributed by atoms with Crippen molar-refractivity contribution in [2.45, 2.75) is 6.04 Å². The number of nitrogens with one attached hydrogen (secondary N) is 1. The van der Waals surface area contributed by atoms with E-state index in [1.807, 2.05) is 0 Å². The van der Waals surface area contributed by atoms with Crippen LogP contribution in [0.5, 0.6) is 0 Å². The molecule has 0 aliphatic carbocycles. The quantitative estimate of drug-likeness (QED) is 0.661. The zero-order chi connectivity index (χ0) is 19.4. The van der Waals surface area contributed by atoms with E-state index in [0.29, 0.717) is 10.6 Å². The van der Waals surface area contributed by atoms with Crippen molar-refractivity contribution in [2.24, 2.45) is 0 Å². The molecule has 0 spiro atoms. The summed E-state index contributed by atoms with van der Waals surface area (Å²) in [6.07, 6.45) is 2.99. The average molecular weight is 401 g/mol. The van der Waals surface area contributed by atoms with Crippen LogP contribution in [0.25, 0.3) is 0 Å². The number of hydrogen-bond acceptors (Lipinski definition) is 4. The molecule has 1 heterocycles. The third kappa shape index (κ3) is 4.40. The lowest BCUT2D eigenvalue weighted by molar-refractivity contribution is 0.0942. The number of rotatable bonds is 4. The van der Waals surface area contributed by atoms with Crippen LogP contribution in [0.15, 0.2) is 54.9 Å². The highest BCUT2D eigenvalue weighted by atomic mass is 35.5. The van der Waals surface area contributed by atoms with E-state index in [0.717, 1.165) is 11.6 Å². The van der Waals surface area contributed by atoms with Crippen molar-refractivity contribution in [1.82, 2.24) is 15.3 Å². The normalized spacial score (nSPS) is 11.5. The highest BCUT2D eigenvalue weighted by Crippen LogP contribution is 2.24. The summed E-state index contributed by atoms with van der Waals surface area (Å²) >= 11 is 11.7. The van der Waals surface area contributed by atoms with Gasteiger partial charge in [-0.25, -0.2) is 14.4 Å². The van der Waals surface area contributed by atoms with Gasteiger partial charge in [0.25, 0.3) is 5.91 Å². The summed E-state index contributed by atoms with van der Waals surface area (Å²) in [5, 5.41) is 12.2. The van der Waals surface area contributed by atoms with Crippen LogP contribution in [-0.4, -0.2) is 15.9 Å². The SMILES string of the molecule is N#Cc1ccc(C(=O)N[C@@H](c2ccc(Cl)cc2)c2cnc(Cl)nc2)cc1F. The number of carbonyl (C=O) groups excluding carboxylic acids is 1. The van der Waals surface area contributed by atoms with Gasteiger partial charge in [0.2, 0.25) is 5.28 Å². The second-order valence-electron chi connectivity index (χ2n) is 5.55. The van der Waals surface area contributed by atoms with E-state index in [2.05, 4.69) is 15.3 Å². The molecule has 0 aliphatic rings. The number of benzene rings is 2. The molecule has 1 N–H and O–H groups in total. The first-order valence-corrected chi connectivity index (χ1v) is 8.47. The predicted octanol–water partition coefficient (Wildman–Crippen LogP) is 4.31. The van der Waals surface area contributed by atoms with Crippen molar-refractivity contribution in [2.75, 3.05) is 0 Å². The molecule has 5 nitrogen and oxygen atoms in total. The zero-order valence-corrected chi connectivity index (χ0v) is 15.2. The van der Waals surface area contributed by atoms with Gasteiger partial charge in [0.05, 0.1) is 11.6 Å². The van der Waals surface area contributed by atoms with Gasteiger partial charge >= 0.3 is 0 Å². The fourth-order valence-electron chi connectivity index (χ4n) is 2.45. The molecule has 1 atom stereocenters. The van der Waals surface area contributed by atoms with E-state index < -0.39 is 17.8 Å². The first-order valence-electron chi connectivity index (χ1n) is 7.71. The third-order valence-corrected chi connectivity index (χ3v) is 4.25. The van der Waals surface area contributed by atoms with E-state index in [1.54, 1.807) is 30.3 Å². The molecule has 1 aromatic heterocycles. The zero-order valence-electron chi connectivity index (χ0n) is 13.7. The first kappa shape index (κ1) is 18.8. The van der Waals surface area contributed by atoms with Gasteiger partial charge < -0.3 is 5.32 Å². The van der Waals surface area contributed by atoms with Gasteiger partial charge in [-0.3, -0.25) is 4.79 Å². The van der Waals surface area contributed by atoms with E-state index in [9.17, 15) is 9.18 Å². The van der Waals surface area contributed by atoms with Crippen LogP contribution >= 0.6 is 23.2 Å². The molecule has 2 aromatic carbocycles. The minimum atomic E-state index is -0.761. The molecule has 0 aliphatic heterocycles. The number of aromatic nitrogens is 2. The summed E-state index contributed by atoms with van der Waals surface area (Å²) in [7, 11) is 0. The number of nitriles is 1. The molecule has 0 radical (unpaired) electrons. The summed E-state index contributed by atoms with van der Waals surface area (Å²) in [5.74, 6) is -1.28. The Morgan fingerprint density at radius 2 is 1.74 bits per heavy atom. The largest absolute Gasteiger partial charge is 0.341 e.